The van der Waals surface area contributed by atoms with Crippen LogP contribution in [0.4, 0.5) is 0 Å². The van der Waals surface area contributed by atoms with Gasteiger partial charge in [-0.2, -0.15) is 0 Å². The number of hydrogen-bond donors (Lipinski definition) is 3. The van der Waals surface area contributed by atoms with Crippen molar-refractivity contribution < 1.29 is 20.1 Å². The number of ether oxygens (including phenoxy) is 1. The molecule has 1 radical (unpaired) electrons. The largest absolute Gasteiger partial charge is 0.394 e. The van der Waals surface area contributed by atoms with E-state index in [2.05, 4.69) is 10.0 Å². The second-order valence-corrected chi connectivity index (χ2v) is 4.58. The van der Waals surface area contributed by atoms with E-state index in [9.17, 15) is 10.2 Å². The van der Waals surface area contributed by atoms with E-state index in [1.54, 1.807) is 7.28 Å². The fraction of sp³-hybridized carbons (Fsp3) is 0.500. The molecular formula is C12H15BN3O4. The zero-order chi connectivity index (χ0) is 14.5. The molecule has 20 heavy (non-hydrogen) atoms. The summed E-state index contributed by atoms with van der Waals surface area (Å²) >= 11 is 0. The lowest BCUT2D eigenvalue weighted by Crippen LogP contribution is -2.60. The lowest BCUT2D eigenvalue weighted by molar-refractivity contribution is -0.168. The molecule has 1 heterocycles. The van der Waals surface area contributed by atoms with E-state index >= 15 is 0 Å². The molecule has 105 valence electrons. The van der Waals surface area contributed by atoms with E-state index in [4.69, 9.17) is 15.4 Å². The first-order chi connectivity index (χ1) is 9.67. The van der Waals surface area contributed by atoms with Gasteiger partial charge in [0.25, 0.3) is 0 Å². The van der Waals surface area contributed by atoms with Crippen molar-refractivity contribution in [2.24, 2.45) is 5.11 Å². The average molecular weight is 276 g/mol. The molecule has 1 aliphatic heterocycles. The lowest BCUT2D eigenvalue weighted by atomic mass is 9.60. The van der Waals surface area contributed by atoms with Crippen molar-refractivity contribution in [3.63, 3.8) is 0 Å². The van der Waals surface area contributed by atoms with Crippen LogP contribution in [0.1, 0.15) is 0 Å². The molecule has 3 N–H and O–H groups in total. The van der Waals surface area contributed by atoms with Gasteiger partial charge in [0.15, 0.2) is 7.28 Å². The van der Waals surface area contributed by atoms with Crippen LogP contribution in [-0.2, 0) is 4.74 Å². The minimum Gasteiger partial charge on any atom is -0.394 e. The lowest BCUT2D eigenvalue weighted by Gasteiger charge is -2.40. The Balaban J connectivity index is 2.20. The second kappa shape index (κ2) is 6.74. The molecule has 2 unspecified atom stereocenters. The summed E-state index contributed by atoms with van der Waals surface area (Å²) in [6.07, 6.45) is -3.50. The number of aliphatic hydroxyl groups is 3. The number of azide groups is 1. The van der Waals surface area contributed by atoms with Crippen molar-refractivity contribution in [1.82, 2.24) is 0 Å². The third kappa shape index (κ3) is 3.12. The van der Waals surface area contributed by atoms with Crippen molar-refractivity contribution in [3.05, 3.63) is 40.8 Å². The van der Waals surface area contributed by atoms with Gasteiger partial charge in [0.1, 0.15) is 12.2 Å². The van der Waals surface area contributed by atoms with Gasteiger partial charge in [0.2, 0.25) is 0 Å². The van der Waals surface area contributed by atoms with Gasteiger partial charge in [-0.3, -0.25) is 0 Å². The van der Waals surface area contributed by atoms with Crippen LogP contribution in [0.3, 0.4) is 0 Å². The number of aliphatic hydroxyl groups excluding tert-OH is 3. The maximum absolute atomic E-state index is 9.99. The summed E-state index contributed by atoms with van der Waals surface area (Å²) < 4.78 is 5.51. The zero-order valence-corrected chi connectivity index (χ0v) is 10.6. The quantitative estimate of drug-likeness (QED) is 0.287. The molecule has 1 aromatic rings. The molecule has 2 rings (SSSR count). The van der Waals surface area contributed by atoms with Crippen molar-refractivity contribution >= 4 is 12.7 Å². The van der Waals surface area contributed by atoms with E-state index in [1.165, 1.54) is 0 Å². The molecule has 0 spiro atoms. The third-order valence-corrected chi connectivity index (χ3v) is 3.27. The molecule has 0 bridgehead atoms. The smallest absolute Gasteiger partial charge is 0.190 e. The SMILES string of the molecule is [N-]=[N+]=NC1[C@H]([B]c2ccccc2)OC(CO)[C@H](O)[C@@H]1O. The van der Waals surface area contributed by atoms with Crippen LogP contribution < -0.4 is 5.46 Å². The monoisotopic (exact) mass is 276 g/mol. The summed E-state index contributed by atoms with van der Waals surface area (Å²) in [5.74, 6) is 0. The molecule has 8 heteroatoms. The van der Waals surface area contributed by atoms with Gasteiger partial charge in [0.05, 0.1) is 18.8 Å². The first-order valence-electron chi connectivity index (χ1n) is 6.24. The van der Waals surface area contributed by atoms with E-state index in [1.807, 2.05) is 30.3 Å². The molecule has 0 amide bonds. The number of benzene rings is 1. The molecule has 1 fully saturated rings. The van der Waals surface area contributed by atoms with Gasteiger partial charge in [-0.25, -0.2) is 0 Å². The third-order valence-electron chi connectivity index (χ3n) is 3.27. The van der Waals surface area contributed by atoms with E-state index in [0.29, 0.717) is 0 Å². The van der Waals surface area contributed by atoms with E-state index in [-0.39, 0.29) is 0 Å². The fourth-order valence-electron chi connectivity index (χ4n) is 2.22. The zero-order valence-electron chi connectivity index (χ0n) is 10.6. The Morgan fingerprint density at radius 2 is 1.95 bits per heavy atom. The van der Waals surface area contributed by atoms with Gasteiger partial charge in [-0.1, -0.05) is 40.9 Å². The van der Waals surface area contributed by atoms with Crippen molar-refractivity contribution in [1.29, 1.82) is 0 Å². The summed E-state index contributed by atoms with van der Waals surface area (Å²) in [6.45, 7) is -0.430. The van der Waals surface area contributed by atoms with Crippen LogP contribution in [-0.4, -0.2) is 59.6 Å². The Kier molecular flexibility index (Phi) is 5.00. The minimum atomic E-state index is -1.30. The first kappa shape index (κ1) is 14.8. The molecule has 7 nitrogen and oxygen atoms in total. The predicted molar refractivity (Wildman–Crippen MR) is 72.5 cm³/mol. The summed E-state index contributed by atoms with van der Waals surface area (Å²) in [6, 6.07) is 7.54. The summed E-state index contributed by atoms with van der Waals surface area (Å²) in [4.78, 5) is 2.68. The van der Waals surface area contributed by atoms with Crippen molar-refractivity contribution in [3.8, 4) is 0 Å². The topological polar surface area (TPSA) is 119 Å². The minimum absolute atomic E-state index is 0.430. The number of hydrogen-bond acceptors (Lipinski definition) is 5. The summed E-state index contributed by atoms with van der Waals surface area (Å²) in [5, 5.41) is 32.4. The summed E-state index contributed by atoms with van der Waals surface area (Å²) in [7, 11) is 1.69. The Morgan fingerprint density at radius 3 is 2.55 bits per heavy atom. The highest BCUT2D eigenvalue weighted by molar-refractivity contribution is 6.55. The molecule has 1 aliphatic rings. The fourth-order valence-corrected chi connectivity index (χ4v) is 2.22. The van der Waals surface area contributed by atoms with Gasteiger partial charge in [-0.15, -0.1) is 0 Å². The summed E-state index contributed by atoms with van der Waals surface area (Å²) in [5.41, 5.74) is 9.41. The van der Waals surface area contributed by atoms with Crippen LogP contribution >= 0.6 is 0 Å². The van der Waals surface area contributed by atoms with Gasteiger partial charge in [-0.05, 0) is 5.53 Å². The maximum atomic E-state index is 9.99. The Labute approximate surface area is 116 Å². The second-order valence-electron chi connectivity index (χ2n) is 4.58. The highest BCUT2D eigenvalue weighted by Crippen LogP contribution is 2.23. The maximum Gasteiger partial charge on any atom is 0.190 e. The molecule has 1 aromatic carbocycles. The molecule has 1 saturated heterocycles. The van der Waals surface area contributed by atoms with Crippen LogP contribution in [0.15, 0.2) is 35.4 Å². The van der Waals surface area contributed by atoms with Gasteiger partial charge >= 0.3 is 0 Å². The molecule has 5 atom stereocenters. The molecule has 0 aromatic heterocycles. The molecule has 0 saturated carbocycles. The van der Waals surface area contributed by atoms with Crippen LogP contribution in [0.2, 0.25) is 0 Å². The normalized spacial score (nSPS) is 33.2. The molecule has 0 aliphatic carbocycles. The van der Waals surface area contributed by atoms with Gasteiger partial charge in [0, 0.05) is 10.9 Å². The number of nitrogens with zero attached hydrogens (tertiary/aromatic N) is 3. The number of rotatable bonds is 4. The van der Waals surface area contributed by atoms with E-state index < -0.39 is 37.0 Å². The average Bonchev–Trinajstić information content (AvgIpc) is 2.47. The predicted octanol–water partition coefficient (Wildman–Crippen LogP) is -0.866. The van der Waals surface area contributed by atoms with Crippen molar-refractivity contribution in [2.75, 3.05) is 6.61 Å². The first-order valence-corrected chi connectivity index (χ1v) is 6.24. The van der Waals surface area contributed by atoms with Crippen LogP contribution in [0, 0.1) is 0 Å². The Morgan fingerprint density at radius 1 is 1.25 bits per heavy atom. The Bertz CT molecular complexity index is 483. The van der Waals surface area contributed by atoms with Gasteiger partial charge < -0.3 is 20.1 Å². The standard InChI is InChI=1S/C12H15BN3O4/c14-16-15-9-11(19)10(18)8(6-17)20-12(9)13-7-4-2-1-3-5-7/h1-5,8-12,17-19H,6H2/t8?,9?,10-,11+,12+/m0/s1. The Hall–Kier alpha value is -1.57. The highest BCUT2D eigenvalue weighted by atomic mass is 16.5. The van der Waals surface area contributed by atoms with Crippen LogP contribution in [0.25, 0.3) is 10.4 Å². The van der Waals surface area contributed by atoms with E-state index in [0.717, 1.165) is 5.46 Å². The van der Waals surface area contributed by atoms with Crippen LogP contribution in [0.5, 0.6) is 0 Å². The van der Waals surface area contributed by atoms with Crippen molar-refractivity contribution in [2.45, 2.75) is 30.4 Å². The molecular weight excluding hydrogens is 261 g/mol. The highest BCUT2D eigenvalue weighted by Gasteiger charge is 2.43.